The van der Waals surface area contributed by atoms with Gasteiger partial charge < -0.3 is 37.1 Å². The van der Waals surface area contributed by atoms with Crippen molar-refractivity contribution in [2.75, 3.05) is 76.7 Å². The predicted molar refractivity (Wildman–Crippen MR) is 233 cm³/mol. The van der Waals surface area contributed by atoms with Crippen LogP contribution >= 0.6 is 0 Å². The highest BCUT2D eigenvalue weighted by atomic mass is 32.2. The van der Waals surface area contributed by atoms with Crippen molar-refractivity contribution in [2.45, 2.75) is 44.0 Å². The number of unbranched alkanes of at least 4 members (excludes halogenated alkanes) is 1. The summed E-state index contributed by atoms with van der Waals surface area (Å²) in [4.78, 5) is 54.6. The number of nitrogen functional groups attached to an aromatic ring is 1. The van der Waals surface area contributed by atoms with Gasteiger partial charge in [-0.2, -0.15) is 13.5 Å². The lowest BCUT2D eigenvalue weighted by atomic mass is 10.00. The molecule has 4 aromatic carbocycles. The number of carboxylic acid groups (broad SMARTS) is 1. The molecule has 0 saturated carbocycles. The minimum absolute atomic E-state index is 0.0193. The number of nitrogens with two attached hydrogens (primary N) is 2. The molecule has 0 bridgehead atoms. The van der Waals surface area contributed by atoms with Gasteiger partial charge in [0.15, 0.2) is 5.75 Å². The number of fused-ring (bicyclic) bond motifs is 1. The maximum absolute atomic E-state index is 13.7. The van der Waals surface area contributed by atoms with Crippen LogP contribution in [0, 0.1) is 13.8 Å². The molecule has 1 atom stereocenters. The predicted octanol–water partition coefficient (Wildman–Crippen LogP) is 3.76. The number of phenols is 1. The van der Waals surface area contributed by atoms with Crippen LogP contribution in [0.25, 0.3) is 21.9 Å². The maximum atomic E-state index is 13.7. The Balaban J connectivity index is 1.25. The summed E-state index contributed by atoms with van der Waals surface area (Å²) in [5, 5.41) is 34.7. The molecule has 9 N–H and O–H groups in total. The number of carboxylic acids is 1. The van der Waals surface area contributed by atoms with Crippen molar-refractivity contribution >= 4 is 67.9 Å². The Morgan fingerprint density at radius 3 is 2.08 bits per heavy atom. The fraction of sp³-hybridized carbons (Fsp3) is 0.381. The number of nitrogens with one attached hydrogen (secondary N) is 2. The molecular weight excluding hydrogens is 823 g/mol. The van der Waals surface area contributed by atoms with Crippen LogP contribution in [0.4, 0.5) is 22.7 Å². The van der Waals surface area contributed by atoms with E-state index in [4.69, 9.17) is 16.2 Å². The highest BCUT2D eigenvalue weighted by Gasteiger charge is 2.25. The number of anilines is 2. The van der Waals surface area contributed by atoms with E-state index in [0.29, 0.717) is 82.9 Å². The molecule has 20 heteroatoms. The van der Waals surface area contributed by atoms with Crippen LogP contribution in [0.15, 0.2) is 75.8 Å². The first-order chi connectivity index (χ1) is 29.6. The third kappa shape index (κ3) is 12.8. The van der Waals surface area contributed by atoms with Gasteiger partial charge in [0.05, 0.1) is 24.2 Å². The first kappa shape index (κ1) is 47.0. The Morgan fingerprint density at radius 1 is 0.855 bits per heavy atom. The Kier molecular flexibility index (Phi) is 16.4. The summed E-state index contributed by atoms with van der Waals surface area (Å²) in [6, 6.07) is 15.4. The first-order valence-corrected chi connectivity index (χ1v) is 21.4. The Morgan fingerprint density at radius 2 is 1.47 bits per heavy atom. The first-order valence-electron chi connectivity index (χ1n) is 20.0. The summed E-state index contributed by atoms with van der Waals surface area (Å²) in [7, 11) is -4.58. The molecule has 1 fully saturated rings. The zero-order chi connectivity index (χ0) is 45.0. The number of rotatable bonds is 18. The second kappa shape index (κ2) is 21.7. The number of aliphatic carboxylic acids is 1. The number of hydrogen-bond donors (Lipinski definition) is 7. The SMILES string of the molecule is Cc1cc(-c2ccc(NC(=O)[C@@H](CCCCN)NC(=O)CN3CCN(COC=O)CCN(CC(=O)O)CC3)c(C)c2)ccc1N=Nc1ccc2c(S(=O)(=O)O)ccc(N)c2c1O. The maximum Gasteiger partial charge on any atom is 0.317 e. The van der Waals surface area contributed by atoms with Gasteiger partial charge in [-0.25, -0.2) is 0 Å². The van der Waals surface area contributed by atoms with Crippen molar-refractivity contribution in [3.05, 3.63) is 71.8 Å². The van der Waals surface area contributed by atoms with E-state index in [2.05, 4.69) is 20.9 Å². The number of phenolic OH excluding ortho intramolecular Hbond substituents is 1. The van der Waals surface area contributed by atoms with E-state index >= 15 is 0 Å². The number of amides is 2. The third-order valence-corrected chi connectivity index (χ3v) is 11.4. The number of carbonyl (C=O) groups excluding carboxylic acids is 3. The molecule has 0 aliphatic carbocycles. The molecule has 1 saturated heterocycles. The van der Waals surface area contributed by atoms with Crippen LogP contribution in [0.3, 0.4) is 0 Å². The van der Waals surface area contributed by atoms with Crippen molar-refractivity contribution in [3.8, 4) is 16.9 Å². The molecule has 1 aliphatic rings. The second-order valence-electron chi connectivity index (χ2n) is 15.1. The number of aryl methyl sites for hydroxylation is 2. The van der Waals surface area contributed by atoms with Crippen LogP contribution in [0.1, 0.15) is 30.4 Å². The van der Waals surface area contributed by atoms with Crippen LogP contribution in [0.5, 0.6) is 5.75 Å². The van der Waals surface area contributed by atoms with Crippen LogP contribution < -0.4 is 22.1 Å². The summed E-state index contributed by atoms with van der Waals surface area (Å²) >= 11 is 0. The molecule has 0 aromatic heterocycles. The zero-order valence-corrected chi connectivity index (χ0v) is 35.4. The highest BCUT2D eigenvalue weighted by Crippen LogP contribution is 2.41. The monoisotopic (exact) mass is 875 g/mol. The number of azo groups is 1. The summed E-state index contributed by atoms with van der Waals surface area (Å²) in [5.74, 6) is -2.11. The van der Waals surface area contributed by atoms with Gasteiger partial charge in [0.25, 0.3) is 16.6 Å². The van der Waals surface area contributed by atoms with Gasteiger partial charge in [-0.15, -0.1) is 5.11 Å². The molecule has 19 nitrogen and oxygen atoms in total. The van der Waals surface area contributed by atoms with Crippen molar-refractivity contribution in [1.29, 1.82) is 0 Å². The summed E-state index contributed by atoms with van der Waals surface area (Å²) in [5.41, 5.74) is 16.2. The van der Waals surface area contributed by atoms with Gasteiger partial charge in [0.2, 0.25) is 11.8 Å². The van der Waals surface area contributed by atoms with Gasteiger partial charge in [-0.3, -0.25) is 38.4 Å². The zero-order valence-electron chi connectivity index (χ0n) is 34.6. The molecular formula is C42H53N9O10S. The highest BCUT2D eigenvalue weighted by molar-refractivity contribution is 7.86. The number of hydrogen-bond acceptors (Lipinski definition) is 15. The lowest BCUT2D eigenvalue weighted by Gasteiger charge is -2.26. The van der Waals surface area contributed by atoms with Crippen LogP contribution in [-0.2, 0) is 34.0 Å². The lowest BCUT2D eigenvalue weighted by molar-refractivity contribution is -0.138. The van der Waals surface area contributed by atoms with Gasteiger partial charge in [-0.1, -0.05) is 18.2 Å². The van der Waals surface area contributed by atoms with Crippen LogP contribution in [0.2, 0.25) is 0 Å². The van der Waals surface area contributed by atoms with Gasteiger partial charge in [0.1, 0.15) is 23.4 Å². The summed E-state index contributed by atoms with van der Waals surface area (Å²) in [6.45, 7) is 7.03. The van der Waals surface area contributed by atoms with E-state index in [9.17, 15) is 42.4 Å². The molecule has 1 heterocycles. The number of benzene rings is 4. The fourth-order valence-corrected chi connectivity index (χ4v) is 7.83. The average Bonchev–Trinajstić information content (AvgIpc) is 3.30. The normalized spacial score (nSPS) is 15.1. The smallest absolute Gasteiger partial charge is 0.317 e. The van der Waals surface area contributed by atoms with Gasteiger partial charge in [-0.05, 0) is 104 Å². The molecule has 62 heavy (non-hydrogen) atoms. The summed E-state index contributed by atoms with van der Waals surface area (Å²) < 4.78 is 38.3. The van der Waals surface area contributed by atoms with Crippen molar-refractivity contribution in [3.63, 3.8) is 0 Å². The summed E-state index contributed by atoms with van der Waals surface area (Å²) in [6.07, 6.45) is 1.64. The fourth-order valence-electron chi connectivity index (χ4n) is 7.14. The number of nitrogens with zero attached hydrogens (tertiary/aromatic N) is 5. The Labute approximate surface area is 359 Å². The minimum atomic E-state index is -4.58. The van der Waals surface area contributed by atoms with Crippen molar-refractivity contribution in [2.24, 2.45) is 16.0 Å². The van der Waals surface area contributed by atoms with Crippen LogP contribution in [-0.4, -0.2) is 134 Å². The number of carbonyl (C=O) groups is 4. The van der Waals surface area contributed by atoms with E-state index in [1.54, 1.807) is 17.0 Å². The standard InChI is InChI=1S/C42H53N9O10S/c1-27-21-29(30-7-11-34(28(2)22-30)47-48-35-12-8-31-37(62(58,59)60)13-9-32(44)40(31)41(35)56)6-10-33(27)46-42(57)36(5-3-4-14-43)45-38(53)23-49-15-16-50(24-39(54)55)18-20-51(19-17-49)25-61-26-52/h6-13,21-22,26,36,56H,3-5,14-20,23-25,43-44H2,1-2H3,(H,45,53)(H,46,57)(H,54,55)(H,58,59,60)/t36-/m1/s1. The Bertz CT molecular complexity index is 2410. The molecule has 5 rings (SSSR count). The molecule has 2 amide bonds. The molecule has 0 spiro atoms. The number of ether oxygens (including phenoxy) is 1. The largest absolute Gasteiger partial charge is 0.505 e. The van der Waals surface area contributed by atoms with E-state index in [0.717, 1.165) is 28.3 Å². The van der Waals surface area contributed by atoms with Gasteiger partial charge >= 0.3 is 5.97 Å². The van der Waals surface area contributed by atoms with Gasteiger partial charge in [0, 0.05) is 56.0 Å². The quantitative estimate of drug-likeness (QED) is 0.0246. The topological polar surface area (TPSA) is 283 Å². The van der Waals surface area contributed by atoms with Crippen molar-refractivity contribution in [1.82, 2.24) is 20.0 Å². The van der Waals surface area contributed by atoms with E-state index in [1.807, 2.05) is 47.9 Å². The molecule has 0 radical (unpaired) electrons. The Hall–Kier alpha value is -6.03. The molecule has 1 aliphatic heterocycles. The van der Waals surface area contributed by atoms with E-state index < -0.39 is 32.8 Å². The number of aromatic hydroxyl groups is 1. The molecule has 4 aromatic rings. The average molecular weight is 876 g/mol. The minimum Gasteiger partial charge on any atom is -0.505 e. The molecule has 0 unspecified atom stereocenters. The van der Waals surface area contributed by atoms with E-state index in [1.165, 1.54) is 18.2 Å². The van der Waals surface area contributed by atoms with Crippen molar-refractivity contribution < 1.29 is 47.1 Å². The molecule has 332 valence electrons. The third-order valence-electron chi connectivity index (χ3n) is 10.5. The lowest BCUT2D eigenvalue weighted by Crippen LogP contribution is -2.49. The second-order valence-corrected chi connectivity index (χ2v) is 16.5. The van der Waals surface area contributed by atoms with E-state index in [-0.39, 0.29) is 53.8 Å².